The number of esters is 1. The van der Waals surface area contributed by atoms with E-state index in [2.05, 4.69) is 0 Å². The molecule has 2 amide bonds. The number of anilines is 1. The summed E-state index contributed by atoms with van der Waals surface area (Å²) in [5.41, 5.74) is -0.840. The van der Waals surface area contributed by atoms with Gasteiger partial charge in [-0.05, 0) is 48.9 Å². The number of ether oxygens (including phenoxy) is 3. The molecule has 0 saturated carbocycles. The molecule has 9 nitrogen and oxygen atoms in total. The van der Waals surface area contributed by atoms with Gasteiger partial charge >= 0.3 is 5.97 Å². The average Bonchev–Trinajstić information content (AvgIpc) is 3.53. The van der Waals surface area contributed by atoms with Crippen molar-refractivity contribution in [3.63, 3.8) is 0 Å². The molecule has 3 atom stereocenters. The number of amides is 2. The fourth-order valence-corrected chi connectivity index (χ4v) is 5.83. The van der Waals surface area contributed by atoms with Crippen molar-refractivity contribution in [2.75, 3.05) is 18.6 Å². The molecule has 0 N–H and O–H groups in total. The number of fused-ring (bicyclic) bond motifs is 3. The van der Waals surface area contributed by atoms with Crippen molar-refractivity contribution in [1.29, 1.82) is 0 Å². The van der Waals surface area contributed by atoms with E-state index in [0.29, 0.717) is 11.3 Å². The number of carbonyl (C=O) groups is 5. The van der Waals surface area contributed by atoms with E-state index in [-0.39, 0.29) is 29.0 Å². The summed E-state index contributed by atoms with van der Waals surface area (Å²) in [6.07, 6.45) is -1.04. The fourth-order valence-electron chi connectivity index (χ4n) is 5.83. The fraction of sp³-hybridized carbons (Fsp3) is 0.233. The average molecular weight is 526 g/mol. The standard InChI is InChI=1S/C30H23NO8/c1-3-38-29(36)17-8-12-18(13-9-17)31-27(34)22-23(28(31)35)30(25(32)20-6-4-5-7-21(20)26(30)33)39-24(22)16-10-14-19(37-2)15-11-16/h4-15,22-24H,3H2,1-2H3/t22-,23-,24-/m1/s1. The van der Waals surface area contributed by atoms with Crippen molar-refractivity contribution in [2.45, 2.75) is 18.6 Å². The van der Waals surface area contributed by atoms with Crippen LogP contribution in [0.1, 0.15) is 49.7 Å². The number of rotatable bonds is 5. The van der Waals surface area contributed by atoms with Gasteiger partial charge < -0.3 is 14.2 Å². The normalized spacial score (nSPS) is 22.8. The Kier molecular flexibility index (Phi) is 5.69. The minimum atomic E-state index is -2.16. The number of hydrogen-bond donors (Lipinski definition) is 0. The largest absolute Gasteiger partial charge is 0.497 e. The number of methoxy groups -OCH3 is 1. The molecule has 1 aliphatic carbocycles. The van der Waals surface area contributed by atoms with Crippen molar-refractivity contribution in [3.05, 3.63) is 95.1 Å². The number of Topliss-reactive ketones (excluding diaryl/α,β-unsaturated/α-hetero) is 2. The Labute approximate surface area is 223 Å². The zero-order valence-electron chi connectivity index (χ0n) is 21.1. The van der Waals surface area contributed by atoms with E-state index in [0.717, 1.165) is 4.90 Å². The van der Waals surface area contributed by atoms with Crippen LogP contribution in [0, 0.1) is 11.8 Å². The first-order valence-electron chi connectivity index (χ1n) is 12.5. The lowest BCUT2D eigenvalue weighted by Gasteiger charge is -2.27. The maximum Gasteiger partial charge on any atom is 0.338 e. The zero-order valence-corrected chi connectivity index (χ0v) is 21.1. The van der Waals surface area contributed by atoms with Gasteiger partial charge in [-0.25, -0.2) is 9.69 Å². The number of nitrogens with zero attached hydrogens (tertiary/aromatic N) is 1. The predicted octanol–water partition coefficient (Wildman–Crippen LogP) is 3.57. The Morgan fingerprint density at radius 2 is 1.49 bits per heavy atom. The lowest BCUT2D eigenvalue weighted by Crippen LogP contribution is -2.51. The van der Waals surface area contributed by atoms with Crippen LogP contribution in [-0.4, -0.2) is 48.7 Å². The van der Waals surface area contributed by atoms with E-state index in [9.17, 15) is 24.0 Å². The molecule has 9 heteroatoms. The molecule has 2 aliphatic heterocycles. The minimum Gasteiger partial charge on any atom is -0.497 e. The number of hydrogen-bond acceptors (Lipinski definition) is 8. The Morgan fingerprint density at radius 3 is 2.05 bits per heavy atom. The van der Waals surface area contributed by atoms with Crippen molar-refractivity contribution in [2.24, 2.45) is 11.8 Å². The molecule has 1 spiro atoms. The summed E-state index contributed by atoms with van der Waals surface area (Å²) in [6, 6.07) is 18.9. The van der Waals surface area contributed by atoms with Gasteiger partial charge in [0.2, 0.25) is 29.0 Å². The molecule has 196 valence electrons. The van der Waals surface area contributed by atoms with Gasteiger partial charge in [-0.15, -0.1) is 0 Å². The van der Waals surface area contributed by atoms with Crippen LogP contribution in [0.5, 0.6) is 5.75 Å². The van der Waals surface area contributed by atoms with Crippen LogP contribution in [0.15, 0.2) is 72.8 Å². The molecule has 2 heterocycles. The molecule has 0 radical (unpaired) electrons. The van der Waals surface area contributed by atoms with E-state index >= 15 is 0 Å². The second kappa shape index (κ2) is 8.99. The first-order valence-corrected chi connectivity index (χ1v) is 12.5. The van der Waals surface area contributed by atoms with E-state index in [1.165, 1.54) is 43.5 Å². The van der Waals surface area contributed by atoms with E-state index in [1.807, 2.05) is 0 Å². The monoisotopic (exact) mass is 525 g/mol. The highest BCUT2D eigenvalue weighted by Gasteiger charge is 2.74. The lowest BCUT2D eigenvalue weighted by atomic mass is 9.77. The molecule has 0 unspecified atom stereocenters. The summed E-state index contributed by atoms with van der Waals surface area (Å²) in [4.78, 5) is 68.7. The van der Waals surface area contributed by atoms with E-state index in [4.69, 9.17) is 14.2 Å². The third-order valence-corrected chi connectivity index (χ3v) is 7.60. The van der Waals surface area contributed by atoms with Gasteiger partial charge in [0.25, 0.3) is 0 Å². The third-order valence-electron chi connectivity index (χ3n) is 7.60. The Balaban J connectivity index is 1.46. The molecular formula is C30H23NO8. The van der Waals surface area contributed by atoms with Crippen LogP contribution in [0.25, 0.3) is 0 Å². The van der Waals surface area contributed by atoms with Crippen molar-refractivity contribution >= 4 is 35.0 Å². The number of benzene rings is 3. The smallest absolute Gasteiger partial charge is 0.338 e. The van der Waals surface area contributed by atoms with Crippen molar-refractivity contribution in [1.82, 2.24) is 0 Å². The Hall–Kier alpha value is -4.63. The summed E-state index contributed by atoms with van der Waals surface area (Å²) in [6.45, 7) is 1.89. The summed E-state index contributed by atoms with van der Waals surface area (Å²) in [5, 5.41) is 0. The maximum absolute atomic E-state index is 14.0. The summed E-state index contributed by atoms with van der Waals surface area (Å²) >= 11 is 0. The molecular weight excluding hydrogens is 502 g/mol. The molecule has 3 aliphatic rings. The molecule has 3 aromatic carbocycles. The maximum atomic E-state index is 14.0. The molecule has 2 fully saturated rings. The second-order valence-electron chi connectivity index (χ2n) is 9.53. The Bertz CT molecular complexity index is 1510. The predicted molar refractivity (Wildman–Crippen MR) is 137 cm³/mol. The van der Waals surface area contributed by atoms with Crippen LogP contribution in [0.3, 0.4) is 0 Å². The molecule has 6 rings (SSSR count). The highest BCUT2D eigenvalue weighted by molar-refractivity contribution is 6.37. The van der Waals surface area contributed by atoms with Gasteiger partial charge in [0, 0.05) is 11.1 Å². The molecule has 2 saturated heterocycles. The summed E-state index contributed by atoms with van der Waals surface area (Å²) in [7, 11) is 1.52. The van der Waals surface area contributed by atoms with Gasteiger partial charge in [-0.1, -0.05) is 36.4 Å². The van der Waals surface area contributed by atoms with Crippen molar-refractivity contribution < 1.29 is 38.2 Å². The van der Waals surface area contributed by atoms with E-state index in [1.54, 1.807) is 43.3 Å². The molecule has 0 bridgehead atoms. The lowest BCUT2D eigenvalue weighted by molar-refractivity contribution is -0.127. The van der Waals surface area contributed by atoms with Crippen LogP contribution in [0.4, 0.5) is 5.69 Å². The first-order chi connectivity index (χ1) is 18.8. The second-order valence-corrected chi connectivity index (χ2v) is 9.53. The number of ketones is 2. The molecule has 0 aromatic heterocycles. The summed E-state index contributed by atoms with van der Waals surface area (Å²) < 4.78 is 16.5. The van der Waals surface area contributed by atoms with Crippen LogP contribution in [-0.2, 0) is 19.1 Å². The molecule has 39 heavy (non-hydrogen) atoms. The molecule has 3 aromatic rings. The highest BCUT2D eigenvalue weighted by atomic mass is 16.5. The van der Waals surface area contributed by atoms with Gasteiger partial charge in [0.15, 0.2) is 0 Å². The van der Waals surface area contributed by atoms with Gasteiger partial charge in [-0.3, -0.25) is 19.2 Å². The minimum absolute atomic E-state index is 0.161. The van der Waals surface area contributed by atoms with Gasteiger partial charge in [0.1, 0.15) is 5.75 Å². The first kappa shape index (κ1) is 24.7. The number of carbonyl (C=O) groups excluding carboxylic acids is 5. The van der Waals surface area contributed by atoms with Crippen LogP contribution < -0.4 is 9.64 Å². The highest BCUT2D eigenvalue weighted by Crippen LogP contribution is 2.57. The SMILES string of the molecule is CCOC(=O)c1ccc(N2C(=O)[C@H]3[C@@H](c4ccc(OC)cc4)OC4(C(=O)c5ccccc5C4=O)[C@H]3C2=O)cc1. The quantitative estimate of drug-likeness (QED) is 0.282. The third kappa shape index (κ3) is 3.39. The summed E-state index contributed by atoms with van der Waals surface area (Å²) in [5.74, 6) is -5.02. The van der Waals surface area contributed by atoms with Crippen LogP contribution >= 0.6 is 0 Å². The zero-order chi connectivity index (χ0) is 27.5. The Morgan fingerprint density at radius 1 is 0.872 bits per heavy atom. The van der Waals surface area contributed by atoms with E-state index < -0.39 is 52.9 Å². The van der Waals surface area contributed by atoms with Crippen molar-refractivity contribution in [3.8, 4) is 5.75 Å². The van der Waals surface area contributed by atoms with Gasteiger partial charge in [0.05, 0.1) is 42.9 Å². The van der Waals surface area contributed by atoms with Gasteiger partial charge in [-0.2, -0.15) is 0 Å². The topological polar surface area (TPSA) is 116 Å². The van der Waals surface area contributed by atoms with Crippen LogP contribution in [0.2, 0.25) is 0 Å². The number of imide groups is 1.